The molecule has 190 valence electrons. The van der Waals surface area contributed by atoms with E-state index < -0.39 is 0 Å². The van der Waals surface area contributed by atoms with Gasteiger partial charge < -0.3 is 15.0 Å². The molecule has 0 saturated heterocycles. The molecule has 0 aliphatic rings. The molecule has 0 bridgehead atoms. The maximum atomic E-state index is 15.9. The van der Waals surface area contributed by atoms with E-state index in [1.54, 1.807) is 10.7 Å². The van der Waals surface area contributed by atoms with E-state index in [0.717, 1.165) is 30.8 Å². The third kappa shape index (κ3) is 5.16. The van der Waals surface area contributed by atoms with Gasteiger partial charge in [-0.25, -0.2) is 23.9 Å². The van der Waals surface area contributed by atoms with Gasteiger partial charge in [-0.2, -0.15) is 5.10 Å². The molecule has 0 unspecified atom stereocenters. The molecule has 2 aromatic carbocycles. The van der Waals surface area contributed by atoms with Gasteiger partial charge in [0.25, 0.3) is 0 Å². The van der Waals surface area contributed by atoms with Crippen LogP contribution in [0.2, 0.25) is 0 Å². The van der Waals surface area contributed by atoms with Gasteiger partial charge in [0, 0.05) is 31.0 Å². The molecular weight excluding hydrogens is 469 g/mol. The average molecular weight is 500 g/mol. The lowest BCUT2D eigenvalue weighted by Crippen LogP contribution is -2.29. The summed E-state index contributed by atoms with van der Waals surface area (Å²) in [4.78, 5) is 15.0. The zero-order valence-corrected chi connectivity index (χ0v) is 21.4. The Morgan fingerprint density at radius 2 is 1.92 bits per heavy atom. The number of aryl methyl sites for hydroxylation is 1. The first-order valence-corrected chi connectivity index (χ1v) is 12.5. The lowest BCUT2D eigenvalue weighted by molar-refractivity contribution is 0.478. The lowest BCUT2D eigenvalue weighted by atomic mass is 10.1. The van der Waals surface area contributed by atoms with Crippen molar-refractivity contribution in [2.45, 2.75) is 34.1 Å². The van der Waals surface area contributed by atoms with E-state index >= 15 is 4.39 Å². The van der Waals surface area contributed by atoms with Gasteiger partial charge in [-0.1, -0.05) is 20.8 Å². The molecule has 9 heteroatoms. The number of pyridine rings is 1. The molecular formula is C28H30FN7O. The van der Waals surface area contributed by atoms with Crippen molar-refractivity contribution in [3.05, 3.63) is 72.7 Å². The van der Waals surface area contributed by atoms with Crippen LogP contribution in [0.5, 0.6) is 11.5 Å². The molecule has 5 aromatic rings. The summed E-state index contributed by atoms with van der Waals surface area (Å²) < 4.78 is 23.7. The summed E-state index contributed by atoms with van der Waals surface area (Å²) in [6.07, 6.45) is 5.68. The maximum Gasteiger partial charge on any atom is 0.159 e. The van der Waals surface area contributed by atoms with Gasteiger partial charge in [0.15, 0.2) is 11.5 Å². The quantitative estimate of drug-likeness (QED) is 0.247. The summed E-state index contributed by atoms with van der Waals surface area (Å²) in [6.45, 7) is 9.90. The van der Waals surface area contributed by atoms with Gasteiger partial charge in [0.05, 0.1) is 16.6 Å². The Hall–Kier alpha value is -4.27. The van der Waals surface area contributed by atoms with E-state index in [2.05, 4.69) is 51.0 Å². The zero-order chi connectivity index (χ0) is 25.9. The Bertz CT molecular complexity index is 1550. The van der Waals surface area contributed by atoms with Crippen molar-refractivity contribution >= 4 is 33.7 Å². The number of hydrogen-bond donors (Lipinski definition) is 1. The second kappa shape index (κ2) is 10.4. The van der Waals surface area contributed by atoms with Crippen molar-refractivity contribution in [2.75, 3.05) is 23.3 Å². The minimum atomic E-state index is -0.310. The molecule has 1 N–H and O–H groups in total. The van der Waals surface area contributed by atoms with Crippen molar-refractivity contribution in [3.63, 3.8) is 0 Å². The molecule has 5 rings (SSSR count). The van der Waals surface area contributed by atoms with Crippen LogP contribution in [0.25, 0.3) is 16.6 Å². The molecule has 0 fully saturated rings. The molecule has 0 amide bonds. The molecule has 3 heterocycles. The largest absolute Gasteiger partial charge is 0.457 e. The molecule has 3 aromatic heterocycles. The number of benzene rings is 2. The number of ether oxygens (including phenoxy) is 1. The fourth-order valence-corrected chi connectivity index (χ4v) is 4.43. The minimum absolute atomic E-state index is 0.310. The Labute approximate surface area is 215 Å². The van der Waals surface area contributed by atoms with Gasteiger partial charge in [0.2, 0.25) is 0 Å². The Balaban J connectivity index is 1.43. The van der Waals surface area contributed by atoms with Crippen LogP contribution in [0.15, 0.2) is 61.3 Å². The van der Waals surface area contributed by atoms with E-state index in [4.69, 9.17) is 4.74 Å². The maximum absolute atomic E-state index is 15.9. The molecule has 0 aliphatic carbocycles. The fraction of sp³-hybridized carbons (Fsp3) is 0.286. The lowest BCUT2D eigenvalue weighted by Gasteiger charge is -2.27. The van der Waals surface area contributed by atoms with Crippen molar-refractivity contribution < 1.29 is 9.13 Å². The number of nitrogens with zero attached hydrogens (tertiary/aromatic N) is 6. The van der Waals surface area contributed by atoms with E-state index in [0.29, 0.717) is 45.5 Å². The minimum Gasteiger partial charge on any atom is -0.457 e. The van der Waals surface area contributed by atoms with Crippen LogP contribution in [0.3, 0.4) is 0 Å². The molecule has 0 radical (unpaired) electrons. The van der Waals surface area contributed by atoms with E-state index in [-0.39, 0.29) is 5.82 Å². The molecule has 37 heavy (non-hydrogen) atoms. The summed E-state index contributed by atoms with van der Waals surface area (Å²) in [6, 6.07) is 13.0. The van der Waals surface area contributed by atoms with Gasteiger partial charge in [-0.3, -0.25) is 0 Å². The highest BCUT2D eigenvalue weighted by Crippen LogP contribution is 2.34. The van der Waals surface area contributed by atoms with Gasteiger partial charge in [0.1, 0.15) is 30.0 Å². The second-order valence-electron chi connectivity index (χ2n) is 9.49. The van der Waals surface area contributed by atoms with Gasteiger partial charge >= 0.3 is 0 Å². The van der Waals surface area contributed by atoms with E-state index in [1.807, 2.05) is 49.4 Å². The fourth-order valence-electron chi connectivity index (χ4n) is 4.43. The molecule has 0 aliphatic heterocycles. The number of halogens is 1. The first kappa shape index (κ1) is 24.4. The predicted octanol–water partition coefficient (Wildman–Crippen LogP) is 6.53. The summed E-state index contributed by atoms with van der Waals surface area (Å²) in [7, 11) is 0. The van der Waals surface area contributed by atoms with Crippen LogP contribution in [0, 0.1) is 18.7 Å². The zero-order valence-electron chi connectivity index (χ0n) is 21.4. The van der Waals surface area contributed by atoms with Crippen molar-refractivity contribution in [2.24, 2.45) is 5.92 Å². The van der Waals surface area contributed by atoms with Crippen LogP contribution in [-0.4, -0.2) is 37.7 Å². The number of aromatic nitrogens is 5. The smallest absolute Gasteiger partial charge is 0.159 e. The van der Waals surface area contributed by atoms with Gasteiger partial charge in [-0.05, 0) is 61.2 Å². The monoisotopic (exact) mass is 499 g/mol. The SMILES string of the molecule is CCCN(CC(C)C)c1ccc2ncnc(Nc3ccc(Oc4ccn5ncnc5c4)c(C)c3)c2c1F. The second-order valence-corrected chi connectivity index (χ2v) is 9.49. The topological polar surface area (TPSA) is 80.5 Å². The van der Waals surface area contributed by atoms with Crippen LogP contribution < -0.4 is 15.0 Å². The first-order chi connectivity index (χ1) is 17.9. The Morgan fingerprint density at radius 1 is 1.05 bits per heavy atom. The molecule has 0 saturated carbocycles. The average Bonchev–Trinajstić information content (AvgIpc) is 3.34. The van der Waals surface area contributed by atoms with E-state index in [1.165, 1.54) is 12.7 Å². The van der Waals surface area contributed by atoms with Crippen LogP contribution in [0.1, 0.15) is 32.8 Å². The number of rotatable bonds is 9. The highest BCUT2D eigenvalue weighted by atomic mass is 19.1. The van der Waals surface area contributed by atoms with E-state index in [9.17, 15) is 0 Å². The summed E-state index contributed by atoms with van der Waals surface area (Å²) >= 11 is 0. The summed E-state index contributed by atoms with van der Waals surface area (Å²) in [5.41, 5.74) is 3.52. The van der Waals surface area contributed by atoms with Crippen LogP contribution in [-0.2, 0) is 0 Å². The molecule has 0 atom stereocenters. The molecule has 8 nitrogen and oxygen atoms in total. The molecule has 0 spiro atoms. The number of anilines is 3. The summed E-state index contributed by atoms with van der Waals surface area (Å²) in [5, 5.41) is 7.77. The normalized spacial score (nSPS) is 11.4. The number of hydrogen-bond acceptors (Lipinski definition) is 7. The third-order valence-electron chi connectivity index (χ3n) is 6.06. The summed E-state index contributed by atoms with van der Waals surface area (Å²) in [5.74, 6) is 1.90. The Kier molecular flexibility index (Phi) is 6.85. The van der Waals surface area contributed by atoms with Crippen LogP contribution in [0.4, 0.5) is 21.6 Å². The van der Waals surface area contributed by atoms with Crippen LogP contribution >= 0.6 is 0 Å². The standard InChI is InChI=1S/C28H30FN7O/c1-5-11-35(15-18(2)3)23-8-7-22-26(27(23)29)28(32-16-30-22)34-20-6-9-24(19(4)13-20)37-21-10-12-36-25(14-21)31-17-33-36/h6-10,12-14,16-18H,5,11,15H2,1-4H3,(H,30,32,34). The number of nitrogens with one attached hydrogen (secondary N) is 1. The van der Waals surface area contributed by atoms with Crippen molar-refractivity contribution in [3.8, 4) is 11.5 Å². The third-order valence-corrected chi connectivity index (χ3v) is 6.06. The highest BCUT2D eigenvalue weighted by Gasteiger charge is 2.19. The van der Waals surface area contributed by atoms with Crippen molar-refractivity contribution in [1.29, 1.82) is 0 Å². The predicted molar refractivity (Wildman–Crippen MR) is 144 cm³/mol. The first-order valence-electron chi connectivity index (χ1n) is 12.5. The Morgan fingerprint density at radius 3 is 2.70 bits per heavy atom. The highest BCUT2D eigenvalue weighted by molar-refractivity contribution is 5.94. The van der Waals surface area contributed by atoms with Crippen molar-refractivity contribution in [1.82, 2.24) is 24.6 Å². The number of fused-ring (bicyclic) bond motifs is 2. The van der Waals surface area contributed by atoms with Gasteiger partial charge in [-0.15, -0.1) is 0 Å².